The van der Waals surface area contributed by atoms with E-state index in [0.29, 0.717) is 17.6 Å². The van der Waals surface area contributed by atoms with Gasteiger partial charge in [0.2, 0.25) is 0 Å². The Morgan fingerprint density at radius 3 is 2.41 bits per heavy atom. The van der Waals surface area contributed by atoms with Gasteiger partial charge in [0.15, 0.2) is 0 Å². The van der Waals surface area contributed by atoms with Crippen molar-refractivity contribution in [1.82, 2.24) is 15.1 Å². The van der Waals surface area contributed by atoms with E-state index in [1.807, 2.05) is 24.3 Å². The lowest BCUT2D eigenvalue weighted by Crippen LogP contribution is -2.37. The van der Waals surface area contributed by atoms with E-state index in [1.165, 1.54) is 0 Å². The van der Waals surface area contributed by atoms with Crippen LogP contribution in [0.3, 0.4) is 0 Å². The van der Waals surface area contributed by atoms with Gasteiger partial charge in [-0.05, 0) is 58.0 Å². The number of amides is 2. The second kappa shape index (κ2) is 9.70. The van der Waals surface area contributed by atoms with Crippen molar-refractivity contribution in [2.45, 2.75) is 39.3 Å². The van der Waals surface area contributed by atoms with Crippen molar-refractivity contribution in [2.75, 3.05) is 27.2 Å². The molecule has 5 heteroatoms. The minimum absolute atomic E-state index is 0.0350. The Labute approximate surface area is 139 Å². The van der Waals surface area contributed by atoms with Gasteiger partial charge in [-0.1, -0.05) is 23.7 Å². The molecule has 0 aromatic heterocycles. The molecule has 0 aliphatic carbocycles. The van der Waals surface area contributed by atoms with E-state index >= 15 is 0 Å². The van der Waals surface area contributed by atoms with E-state index in [-0.39, 0.29) is 6.03 Å². The highest BCUT2D eigenvalue weighted by Gasteiger charge is 2.08. The molecule has 0 saturated heterocycles. The first-order valence-corrected chi connectivity index (χ1v) is 8.21. The molecule has 0 bridgehead atoms. The fourth-order valence-corrected chi connectivity index (χ4v) is 2.14. The van der Waals surface area contributed by atoms with Gasteiger partial charge in [-0.2, -0.15) is 0 Å². The summed E-state index contributed by atoms with van der Waals surface area (Å²) in [6, 6.07) is 8.09. The number of urea groups is 1. The minimum atomic E-state index is -0.0350. The van der Waals surface area contributed by atoms with E-state index in [9.17, 15) is 4.79 Å². The van der Waals surface area contributed by atoms with E-state index in [0.717, 1.165) is 31.5 Å². The van der Waals surface area contributed by atoms with Crippen LogP contribution in [0.4, 0.5) is 4.79 Å². The quantitative estimate of drug-likeness (QED) is 0.741. The highest BCUT2D eigenvalue weighted by Crippen LogP contribution is 2.10. The number of hydrogen-bond donors (Lipinski definition) is 1. The molecule has 124 valence electrons. The summed E-state index contributed by atoms with van der Waals surface area (Å²) in [5.74, 6) is 0. The Hall–Kier alpha value is -1.26. The third kappa shape index (κ3) is 7.14. The first-order valence-electron chi connectivity index (χ1n) is 7.83. The Morgan fingerprint density at radius 1 is 1.18 bits per heavy atom. The summed E-state index contributed by atoms with van der Waals surface area (Å²) in [5.41, 5.74) is 1.07. The van der Waals surface area contributed by atoms with Crippen molar-refractivity contribution < 1.29 is 4.79 Å². The van der Waals surface area contributed by atoms with Crippen LogP contribution in [0.2, 0.25) is 5.02 Å². The molecule has 4 nitrogen and oxygen atoms in total. The number of hydrogen-bond acceptors (Lipinski definition) is 2. The smallest absolute Gasteiger partial charge is 0.317 e. The molecule has 0 radical (unpaired) electrons. The van der Waals surface area contributed by atoms with E-state index in [1.54, 1.807) is 11.9 Å². The third-order valence-electron chi connectivity index (χ3n) is 3.78. The Kier molecular flexibility index (Phi) is 8.28. The number of rotatable bonds is 8. The molecule has 22 heavy (non-hydrogen) atoms. The van der Waals surface area contributed by atoms with Gasteiger partial charge in [-0.25, -0.2) is 4.79 Å². The SMILES string of the molecule is CC(C)N(C)CCCCNC(=O)N(C)Cc1ccc(Cl)cc1. The Morgan fingerprint density at radius 2 is 1.82 bits per heavy atom. The van der Waals surface area contributed by atoms with Crippen LogP contribution in [-0.2, 0) is 6.54 Å². The van der Waals surface area contributed by atoms with Gasteiger partial charge >= 0.3 is 6.03 Å². The molecule has 0 unspecified atom stereocenters. The highest BCUT2D eigenvalue weighted by molar-refractivity contribution is 6.30. The van der Waals surface area contributed by atoms with Gasteiger partial charge in [0.05, 0.1) is 0 Å². The first-order chi connectivity index (χ1) is 10.4. The van der Waals surface area contributed by atoms with Crippen molar-refractivity contribution in [2.24, 2.45) is 0 Å². The standard InChI is InChI=1S/C17H28ClN3O/c1-14(2)20(3)12-6-5-11-19-17(22)21(4)13-15-7-9-16(18)10-8-15/h7-10,14H,5-6,11-13H2,1-4H3,(H,19,22). The van der Waals surface area contributed by atoms with Crippen LogP contribution in [0.25, 0.3) is 0 Å². The van der Waals surface area contributed by atoms with Gasteiger partial charge in [0.1, 0.15) is 0 Å². The predicted molar refractivity (Wildman–Crippen MR) is 93.3 cm³/mol. The van der Waals surface area contributed by atoms with Crippen molar-refractivity contribution in [3.05, 3.63) is 34.9 Å². The molecule has 0 fully saturated rings. The molecule has 1 aromatic rings. The second-order valence-corrected chi connectivity index (χ2v) is 6.43. The summed E-state index contributed by atoms with van der Waals surface area (Å²) >= 11 is 5.85. The van der Waals surface area contributed by atoms with E-state index < -0.39 is 0 Å². The largest absolute Gasteiger partial charge is 0.338 e. The fraction of sp³-hybridized carbons (Fsp3) is 0.588. The molecule has 1 N–H and O–H groups in total. The first kappa shape index (κ1) is 18.8. The van der Waals surface area contributed by atoms with Crippen LogP contribution in [0.15, 0.2) is 24.3 Å². The van der Waals surface area contributed by atoms with Crippen LogP contribution in [0.1, 0.15) is 32.3 Å². The molecule has 0 saturated carbocycles. The average Bonchev–Trinajstić information content (AvgIpc) is 2.48. The van der Waals surface area contributed by atoms with Crippen molar-refractivity contribution in [3.63, 3.8) is 0 Å². The zero-order valence-electron chi connectivity index (χ0n) is 14.1. The predicted octanol–water partition coefficient (Wildman–Crippen LogP) is 3.60. The van der Waals surface area contributed by atoms with Crippen LogP contribution in [-0.4, -0.2) is 49.1 Å². The summed E-state index contributed by atoms with van der Waals surface area (Å²) in [7, 11) is 3.93. The van der Waals surface area contributed by atoms with Crippen LogP contribution < -0.4 is 5.32 Å². The lowest BCUT2D eigenvalue weighted by Gasteiger charge is -2.21. The molecule has 0 aliphatic heterocycles. The molecule has 0 spiro atoms. The normalized spacial score (nSPS) is 11.0. The third-order valence-corrected chi connectivity index (χ3v) is 4.03. The molecule has 0 heterocycles. The lowest BCUT2D eigenvalue weighted by molar-refractivity contribution is 0.206. The van der Waals surface area contributed by atoms with Crippen LogP contribution >= 0.6 is 11.6 Å². The number of carbonyl (C=O) groups excluding carboxylic acids is 1. The van der Waals surface area contributed by atoms with Gasteiger partial charge in [0.25, 0.3) is 0 Å². The molecular formula is C17H28ClN3O. The summed E-state index contributed by atoms with van der Waals surface area (Å²) < 4.78 is 0. The van der Waals surface area contributed by atoms with E-state index in [2.05, 4.69) is 31.1 Å². The number of halogens is 1. The monoisotopic (exact) mass is 325 g/mol. The van der Waals surface area contributed by atoms with Gasteiger partial charge < -0.3 is 15.1 Å². The van der Waals surface area contributed by atoms with Gasteiger partial charge in [0, 0.05) is 31.2 Å². The topological polar surface area (TPSA) is 35.6 Å². The minimum Gasteiger partial charge on any atom is -0.338 e. The second-order valence-electron chi connectivity index (χ2n) is 6.00. The molecule has 0 atom stereocenters. The zero-order chi connectivity index (χ0) is 16.5. The Balaban J connectivity index is 2.20. The lowest BCUT2D eigenvalue weighted by atomic mass is 10.2. The average molecular weight is 326 g/mol. The summed E-state index contributed by atoms with van der Waals surface area (Å²) in [6.07, 6.45) is 2.09. The van der Waals surface area contributed by atoms with Gasteiger partial charge in [-0.15, -0.1) is 0 Å². The molecule has 2 amide bonds. The summed E-state index contributed by atoms with van der Waals surface area (Å²) in [4.78, 5) is 16.0. The van der Waals surface area contributed by atoms with E-state index in [4.69, 9.17) is 11.6 Å². The number of carbonyl (C=O) groups is 1. The van der Waals surface area contributed by atoms with Crippen LogP contribution in [0, 0.1) is 0 Å². The number of unbranched alkanes of at least 4 members (excludes halogenated alkanes) is 1. The molecule has 1 aromatic carbocycles. The Bertz CT molecular complexity index is 448. The number of benzene rings is 1. The van der Waals surface area contributed by atoms with Crippen molar-refractivity contribution >= 4 is 17.6 Å². The maximum Gasteiger partial charge on any atom is 0.317 e. The number of nitrogens with one attached hydrogen (secondary N) is 1. The summed E-state index contributed by atoms with van der Waals surface area (Å²) in [6.45, 7) is 6.74. The van der Waals surface area contributed by atoms with Crippen LogP contribution in [0.5, 0.6) is 0 Å². The zero-order valence-corrected chi connectivity index (χ0v) is 14.9. The van der Waals surface area contributed by atoms with Crippen molar-refractivity contribution in [3.8, 4) is 0 Å². The van der Waals surface area contributed by atoms with Crippen molar-refractivity contribution in [1.29, 1.82) is 0 Å². The molecular weight excluding hydrogens is 298 g/mol. The maximum absolute atomic E-state index is 12.0. The molecule has 1 rings (SSSR count). The summed E-state index contributed by atoms with van der Waals surface area (Å²) in [5, 5.41) is 3.67. The number of nitrogens with zero attached hydrogens (tertiary/aromatic N) is 2. The highest BCUT2D eigenvalue weighted by atomic mass is 35.5. The fourth-order valence-electron chi connectivity index (χ4n) is 2.01. The van der Waals surface area contributed by atoms with Gasteiger partial charge in [-0.3, -0.25) is 0 Å². The molecule has 0 aliphatic rings. The maximum atomic E-state index is 12.0.